The van der Waals surface area contributed by atoms with E-state index in [1.807, 2.05) is 38.1 Å². The molecule has 11 heteroatoms. The van der Waals surface area contributed by atoms with Crippen molar-refractivity contribution in [3.8, 4) is 5.75 Å². The first-order valence-electron chi connectivity index (χ1n) is 13.4. The number of carboxylic acid groups (broad SMARTS) is 1. The highest BCUT2D eigenvalue weighted by molar-refractivity contribution is 5.80. The Labute approximate surface area is 235 Å². The number of aliphatic hydroxyl groups is 1. The molecule has 11 nitrogen and oxygen atoms in total. The molecule has 2 aromatic carbocycles. The van der Waals surface area contributed by atoms with Gasteiger partial charge >= 0.3 is 5.97 Å². The number of hydrogen-bond donors (Lipinski definition) is 4. The first-order valence-corrected chi connectivity index (χ1v) is 13.4. The molecule has 2 saturated heterocycles. The number of nitrogens with one attached hydrogen (secondary N) is 1. The summed E-state index contributed by atoms with van der Waals surface area (Å²) >= 11 is 0. The van der Waals surface area contributed by atoms with Crippen molar-refractivity contribution in [2.24, 2.45) is 11.1 Å². The number of rotatable bonds is 9. The number of nitrogens with zero attached hydrogens (tertiary/aromatic N) is 1. The van der Waals surface area contributed by atoms with Gasteiger partial charge in [0.2, 0.25) is 5.91 Å². The van der Waals surface area contributed by atoms with E-state index in [0.717, 1.165) is 48.9 Å². The largest absolute Gasteiger partial charge is 0.497 e. The average molecular weight is 560 g/mol. The van der Waals surface area contributed by atoms with E-state index >= 15 is 0 Å². The lowest BCUT2D eigenvalue weighted by Gasteiger charge is -2.39. The van der Waals surface area contributed by atoms with Crippen molar-refractivity contribution in [3.05, 3.63) is 59.7 Å². The summed E-state index contributed by atoms with van der Waals surface area (Å²) in [6.45, 7) is 8.00. The maximum atomic E-state index is 11.6. The molecule has 0 aromatic heterocycles. The smallest absolute Gasteiger partial charge is 0.333 e. The van der Waals surface area contributed by atoms with Crippen LogP contribution in [0.3, 0.4) is 0 Å². The molecule has 0 aliphatic carbocycles. The first-order chi connectivity index (χ1) is 19.1. The van der Waals surface area contributed by atoms with Gasteiger partial charge in [-0.1, -0.05) is 38.1 Å². The van der Waals surface area contributed by atoms with E-state index in [1.165, 1.54) is 0 Å². The molecule has 2 aromatic rings. The van der Waals surface area contributed by atoms with Gasteiger partial charge in [-0.3, -0.25) is 4.79 Å². The van der Waals surface area contributed by atoms with Crippen LogP contribution in [0.2, 0.25) is 0 Å². The van der Waals surface area contributed by atoms with E-state index < -0.39 is 29.9 Å². The number of methoxy groups -OCH3 is 1. The number of carbonyl (C=O) groups excluding carboxylic acids is 1. The van der Waals surface area contributed by atoms with Gasteiger partial charge in [0.25, 0.3) is 0 Å². The normalized spacial score (nSPS) is 21.0. The molecule has 5 N–H and O–H groups in total. The van der Waals surface area contributed by atoms with E-state index in [-0.39, 0.29) is 12.3 Å². The summed E-state index contributed by atoms with van der Waals surface area (Å²) in [5, 5.41) is 21.4. The van der Waals surface area contributed by atoms with E-state index in [2.05, 4.69) is 10.2 Å². The Morgan fingerprint density at radius 3 is 2.35 bits per heavy atom. The van der Waals surface area contributed by atoms with Gasteiger partial charge in [-0.2, -0.15) is 0 Å². The van der Waals surface area contributed by atoms with Crippen molar-refractivity contribution in [1.29, 1.82) is 0 Å². The van der Waals surface area contributed by atoms with E-state index in [4.69, 9.17) is 24.7 Å². The van der Waals surface area contributed by atoms with E-state index in [9.17, 15) is 19.8 Å². The average Bonchev–Trinajstić information content (AvgIpc) is 2.97. The number of hydrogen-bond acceptors (Lipinski definition) is 9. The topological polar surface area (TPSA) is 153 Å². The summed E-state index contributed by atoms with van der Waals surface area (Å²) in [5.74, 6) is -0.612. The lowest BCUT2D eigenvalue weighted by atomic mass is 9.86. The van der Waals surface area contributed by atoms with Crippen LogP contribution in [-0.2, 0) is 30.3 Å². The van der Waals surface area contributed by atoms with Crippen LogP contribution < -0.4 is 20.7 Å². The van der Waals surface area contributed by atoms with Gasteiger partial charge in [0.1, 0.15) is 11.9 Å². The molecule has 0 bridgehead atoms. The van der Waals surface area contributed by atoms with Crippen molar-refractivity contribution in [3.63, 3.8) is 0 Å². The Morgan fingerprint density at radius 2 is 1.77 bits per heavy atom. The highest BCUT2D eigenvalue weighted by Crippen LogP contribution is 2.36. The number of ether oxygens (including phenoxy) is 4. The third-order valence-electron chi connectivity index (χ3n) is 6.71. The van der Waals surface area contributed by atoms with Gasteiger partial charge in [0, 0.05) is 36.3 Å². The van der Waals surface area contributed by atoms with Crippen molar-refractivity contribution in [2.75, 3.05) is 51.5 Å². The standard InChI is InChI=1S/C15H23N3O3.C14H18O5/c16-6-5-14(19)15(20)17-11-12-1-3-13(4-2-12)18-7-9-21-10-8-18;1-14(2)8-18-13(19-11(14)12(15)16)9-4-6-10(17-3)7-5-9/h1-4,14,19H,5-11,16H2,(H,17,20);4-7,11,13H,8H2,1-3H3,(H,15,16)/t;11?,13-/m.1/s1. The Kier molecular flexibility index (Phi) is 11.7. The summed E-state index contributed by atoms with van der Waals surface area (Å²) in [6.07, 6.45) is -2.28. The fourth-order valence-corrected chi connectivity index (χ4v) is 4.28. The Hall–Kier alpha value is -3.22. The highest BCUT2D eigenvalue weighted by atomic mass is 16.7. The molecule has 1 amide bonds. The maximum Gasteiger partial charge on any atom is 0.333 e. The third-order valence-corrected chi connectivity index (χ3v) is 6.71. The van der Waals surface area contributed by atoms with E-state index in [0.29, 0.717) is 19.7 Å². The molecule has 2 aliphatic rings. The summed E-state index contributed by atoms with van der Waals surface area (Å²) in [7, 11) is 1.59. The zero-order valence-electron chi connectivity index (χ0n) is 23.4. The Balaban J connectivity index is 0.000000222. The molecule has 0 saturated carbocycles. The van der Waals surface area contributed by atoms with Gasteiger partial charge in [0.15, 0.2) is 12.4 Å². The van der Waals surface area contributed by atoms with Crippen LogP contribution in [0.15, 0.2) is 48.5 Å². The quantitative estimate of drug-likeness (QED) is 0.359. The van der Waals surface area contributed by atoms with Crippen LogP contribution in [0.5, 0.6) is 5.75 Å². The fourth-order valence-electron chi connectivity index (χ4n) is 4.28. The second-order valence-corrected chi connectivity index (χ2v) is 10.3. The van der Waals surface area contributed by atoms with Crippen molar-refractivity contribution >= 4 is 17.6 Å². The van der Waals surface area contributed by atoms with Crippen molar-refractivity contribution in [2.45, 2.75) is 45.3 Å². The van der Waals surface area contributed by atoms with E-state index in [1.54, 1.807) is 31.4 Å². The first kappa shape index (κ1) is 31.3. The number of carboxylic acids is 1. The molecule has 220 valence electrons. The zero-order chi connectivity index (χ0) is 29.1. The molecular formula is C29H41N3O8. The molecule has 2 aliphatic heterocycles. The van der Waals surface area contributed by atoms with Crippen LogP contribution in [0.4, 0.5) is 5.69 Å². The summed E-state index contributed by atoms with van der Waals surface area (Å²) in [6, 6.07) is 15.3. The predicted octanol–water partition coefficient (Wildman–Crippen LogP) is 2.07. The number of benzene rings is 2. The van der Waals surface area contributed by atoms with Crippen LogP contribution in [0, 0.1) is 5.41 Å². The minimum absolute atomic E-state index is 0.280. The number of morpholine rings is 1. The van der Waals surface area contributed by atoms with Gasteiger partial charge < -0.3 is 45.1 Å². The minimum Gasteiger partial charge on any atom is -0.497 e. The second-order valence-electron chi connectivity index (χ2n) is 10.3. The molecule has 2 unspecified atom stereocenters. The number of carbonyl (C=O) groups is 2. The van der Waals surface area contributed by atoms with Gasteiger partial charge in [0.05, 0.1) is 26.9 Å². The second kappa shape index (κ2) is 15.0. The SMILES string of the molecule is COc1ccc([C@@H]2OCC(C)(C)C(C(=O)O)O2)cc1.NCCC(O)C(=O)NCc1ccc(N2CCOCC2)cc1. The Bertz CT molecular complexity index is 1070. The lowest BCUT2D eigenvalue weighted by Crippen LogP contribution is -2.47. The molecule has 2 fully saturated rings. The van der Waals surface area contributed by atoms with Crippen LogP contribution in [0.1, 0.15) is 37.7 Å². The molecule has 3 atom stereocenters. The zero-order valence-corrected chi connectivity index (χ0v) is 23.4. The minimum atomic E-state index is -1.03. The number of aliphatic hydroxyl groups excluding tert-OH is 1. The number of anilines is 1. The third kappa shape index (κ3) is 8.90. The van der Waals surface area contributed by atoms with Gasteiger partial charge in [-0.05, 0) is 42.8 Å². The molecule has 2 heterocycles. The highest BCUT2D eigenvalue weighted by Gasteiger charge is 2.43. The molecular weight excluding hydrogens is 518 g/mol. The lowest BCUT2D eigenvalue weighted by molar-refractivity contribution is -0.264. The number of nitrogens with two attached hydrogens (primary N) is 1. The maximum absolute atomic E-state index is 11.6. The number of amides is 1. The molecule has 4 rings (SSSR count). The van der Waals surface area contributed by atoms with Crippen LogP contribution >= 0.6 is 0 Å². The molecule has 0 radical (unpaired) electrons. The monoisotopic (exact) mass is 559 g/mol. The summed E-state index contributed by atoms with van der Waals surface area (Å²) < 4.78 is 21.6. The molecule has 0 spiro atoms. The number of aliphatic carboxylic acids is 1. The summed E-state index contributed by atoms with van der Waals surface area (Å²) in [4.78, 5) is 25.1. The van der Waals surface area contributed by atoms with Crippen molar-refractivity contribution in [1.82, 2.24) is 5.32 Å². The molecule has 40 heavy (non-hydrogen) atoms. The van der Waals surface area contributed by atoms with Gasteiger partial charge in [-0.25, -0.2) is 4.79 Å². The van der Waals surface area contributed by atoms with Gasteiger partial charge in [-0.15, -0.1) is 0 Å². The van der Waals surface area contributed by atoms with Crippen LogP contribution in [0.25, 0.3) is 0 Å². The fraction of sp³-hybridized carbons (Fsp3) is 0.517. The Morgan fingerprint density at radius 1 is 1.12 bits per heavy atom. The van der Waals surface area contributed by atoms with Crippen molar-refractivity contribution < 1.29 is 38.7 Å². The predicted molar refractivity (Wildman–Crippen MR) is 149 cm³/mol. The summed E-state index contributed by atoms with van der Waals surface area (Å²) in [5.41, 5.74) is 7.71. The van der Waals surface area contributed by atoms with Crippen LogP contribution in [-0.4, -0.2) is 80.9 Å².